The minimum Gasteiger partial charge on any atom is -0.320 e. The monoisotopic (exact) mass is 424 g/mol. The number of hydrogen-bond donors (Lipinski definition) is 1. The molecule has 0 atom stereocenters. The number of rotatable bonds is 7. The normalized spacial score (nSPS) is 11.5. The molecular weight excluding hydrogens is 396 g/mol. The zero-order valence-corrected chi connectivity index (χ0v) is 18.7. The van der Waals surface area contributed by atoms with Crippen LogP contribution in [0.2, 0.25) is 0 Å². The van der Waals surface area contributed by atoms with E-state index in [1.807, 2.05) is 39.0 Å². The second-order valence-corrected chi connectivity index (χ2v) is 9.52. The first-order valence-electron chi connectivity index (χ1n) is 10.2. The van der Waals surface area contributed by atoms with E-state index in [1.54, 1.807) is 30.3 Å². The topological polar surface area (TPSA) is 68.2 Å². The Morgan fingerprint density at radius 2 is 1.73 bits per heavy atom. The number of amides is 1. The number of anilines is 1. The molecule has 5 nitrogen and oxygen atoms in total. The molecule has 30 heavy (non-hydrogen) atoms. The average Bonchev–Trinajstić information content (AvgIpc) is 3.00. The van der Waals surface area contributed by atoms with E-state index in [9.17, 15) is 13.2 Å². The van der Waals surface area contributed by atoms with Gasteiger partial charge in [-0.05, 0) is 51.8 Å². The van der Waals surface area contributed by atoms with Crippen molar-refractivity contribution in [2.45, 2.75) is 51.9 Å². The van der Waals surface area contributed by atoms with Gasteiger partial charge in [-0.15, -0.1) is 0 Å². The number of benzene rings is 2. The third-order valence-corrected chi connectivity index (χ3v) is 6.69. The van der Waals surface area contributed by atoms with Crippen LogP contribution in [0.15, 0.2) is 65.1 Å². The highest BCUT2D eigenvalue weighted by molar-refractivity contribution is 7.90. The van der Waals surface area contributed by atoms with Gasteiger partial charge in [0.05, 0.1) is 21.8 Å². The van der Waals surface area contributed by atoms with Crippen LogP contribution in [0.4, 0.5) is 5.69 Å². The Morgan fingerprint density at radius 1 is 1.07 bits per heavy atom. The van der Waals surface area contributed by atoms with Crippen LogP contribution in [0.25, 0.3) is 10.9 Å². The number of hydrogen-bond acceptors (Lipinski definition) is 3. The van der Waals surface area contributed by atoms with Gasteiger partial charge in [-0.1, -0.05) is 54.8 Å². The van der Waals surface area contributed by atoms with Crippen molar-refractivity contribution in [2.75, 3.05) is 5.32 Å². The predicted molar refractivity (Wildman–Crippen MR) is 122 cm³/mol. The largest absolute Gasteiger partial charge is 0.320 e. The predicted octanol–water partition coefficient (Wildman–Crippen LogP) is 5.43. The SMILES string of the molecule is CCCCc1c(NC(=O)C=C(C)C)c2ccccc2n1S(=O)(=O)c1ccc(C)cc1. The number of carbonyl (C=O) groups is 1. The van der Waals surface area contributed by atoms with Crippen LogP contribution < -0.4 is 5.32 Å². The number of carbonyl (C=O) groups excluding carboxylic acids is 1. The second-order valence-electron chi connectivity index (χ2n) is 7.74. The number of aryl methyl sites for hydroxylation is 1. The van der Waals surface area contributed by atoms with Crippen LogP contribution in [0.3, 0.4) is 0 Å². The molecule has 0 aliphatic carbocycles. The summed E-state index contributed by atoms with van der Waals surface area (Å²) in [5, 5.41) is 3.66. The van der Waals surface area contributed by atoms with Gasteiger partial charge in [0.1, 0.15) is 0 Å². The summed E-state index contributed by atoms with van der Waals surface area (Å²) in [5.74, 6) is -0.261. The fraction of sp³-hybridized carbons (Fsp3) is 0.292. The lowest BCUT2D eigenvalue weighted by Crippen LogP contribution is -2.17. The molecule has 0 unspecified atom stereocenters. The van der Waals surface area contributed by atoms with Crippen LogP contribution in [0.5, 0.6) is 0 Å². The molecule has 1 aromatic heterocycles. The van der Waals surface area contributed by atoms with Crippen molar-refractivity contribution in [3.8, 4) is 0 Å². The molecule has 158 valence electrons. The highest BCUT2D eigenvalue weighted by Crippen LogP contribution is 2.35. The maximum Gasteiger partial charge on any atom is 0.268 e. The molecule has 1 N–H and O–H groups in total. The van der Waals surface area contributed by atoms with Crippen LogP contribution in [-0.4, -0.2) is 18.3 Å². The van der Waals surface area contributed by atoms with E-state index in [4.69, 9.17) is 0 Å². The number of aromatic nitrogens is 1. The first-order valence-corrected chi connectivity index (χ1v) is 11.6. The molecule has 0 bridgehead atoms. The van der Waals surface area contributed by atoms with Gasteiger partial charge in [-0.25, -0.2) is 12.4 Å². The molecule has 1 amide bonds. The van der Waals surface area contributed by atoms with Gasteiger partial charge in [0.15, 0.2) is 0 Å². The van der Waals surface area contributed by atoms with Crippen LogP contribution in [0.1, 0.15) is 44.9 Å². The van der Waals surface area contributed by atoms with Gasteiger partial charge < -0.3 is 5.32 Å². The molecule has 1 heterocycles. The number of nitrogens with zero attached hydrogens (tertiary/aromatic N) is 1. The minimum absolute atomic E-state index is 0.230. The van der Waals surface area contributed by atoms with Gasteiger partial charge in [-0.3, -0.25) is 4.79 Å². The molecule has 0 saturated carbocycles. The van der Waals surface area contributed by atoms with Gasteiger partial charge in [-0.2, -0.15) is 0 Å². The van der Waals surface area contributed by atoms with Crippen molar-refractivity contribution >= 4 is 32.5 Å². The van der Waals surface area contributed by atoms with Gasteiger partial charge >= 0.3 is 0 Å². The van der Waals surface area contributed by atoms with E-state index < -0.39 is 10.0 Å². The zero-order chi connectivity index (χ0) is 21.9. The standard InChI is InChI=1S/C24H28N2O3S/c1-5-6-10-22-24(25-23(27)16-17(2)3)20-9-7-8-11-21(20)26(22)30(28,29)19-14-12-18(4)13-15-19/h7-9,11-16H,5-6,10H2,1-4H3,(H,25,27). The molecule has 0 radical (unpaired) electrons. The van der Waals surface area contributed by atoms with E-state index in [1.165, 1.54) is 10.0 Å². The van der Waals surface area contributed by atoms with Crippen molar-refractivity contribution in [1.29, 1.82) is 0 Å². The second kappa shape index (κ2) is 8.88. The van der Waals surface area contributed by atoms with Crippen molar-refractivity contribution in [3.63, 3.8) is 0 Å². The first-order chi connectivity index (χ1) is 14.3. The highest BCUT2D eigenvalue weighted by Gasteiger charge is 2.27. The molecule has 0 saturated heterocycles. The van der Waals surface area contributed by atoms with E-state index in [-0.39, 0.29) is 10.8 Å². The van der Waals surface area contributed by atoms with E-state index in [2.05, 4.69) is 12.2 Å². The summed E-state index contributed by atoms with van der Waals surface area (Å²) < 4.78 is 28.7. The molecule has 3 aromatic rings. The summed E-state index contributed by atoms with van der Waals surface area (Å²) in [6, 6.07) is 14.1. The van der Waals surface area contributed by atoms with E-state index in [0.717, 1.165) is 29.4 Å². The number of fused-ring (bicyclic) bond motifs is 1. The third kappa shape index (κ3) is 4.33. The molecule has 0 aliphatic rings. The number of para-hydroxylation sites is 1. The summed E-state index contributed by atoms with van der Waals surface area (Å²) in [6.07, 6.45) is 3.78. The smallest absolute Gasteiger partial charge is 0.268 e. The Bertz CT molecular complexity index is 1200. The van der Waals surface area contributed by atoms with Crippen LogP contribution >= 0.6 is 0 Å². The van der Waals surface area contributed by atoms with Crippen molar-refractivity contribution in [1.82, 2.24) is 3.97 Å². The van der Waals surface area contributed by atoms with Crippen LogP contribution in [0, 0.1) is 6.92 Å². The summed E-state index contributed by atoms with van der Waals surface area (Å²) in [6.45, 7) is 7.68. The van der Waals surface area contributed by atoms with Crippen molar-refractivity contribution < 1.29 is 13.2 Å². The Hall–Kier alpha value is -2.86. The Balaban J connectivity index is 2.28. The summed E-state index contributed by atoms with van der Waals surface area (Å²) >= 11 is 0. The quantitative estimate of drug-likeness (QED) is 0.514. The van der Waals surface area contributed by atoms with Gasteiger partial charge in [0, 0.05) is 11.5 Å². The fourth-order valence-electron chi connectivity index (χ4n) is 3.49. The Labute approximate surface area is 178 Å². The fourth-order valence-corrected chi connectivity index (χ4v) is 5.07. The minimum atomic E-state index is -3.83. The molecule has 3 rings (SSSR count). The lowest BCUT2D eigenvalue weighted by Gasteiger charge is -2.13. The number of allylic oxidation sites excluding steroid dienone is 1. The summed E-state index contributed by atoms with van der Waals surface area (Å²) in [7, 11) is -3.83. The molecule has 0 spiro atoms. The van der Waals surface area contributed by atoms with Crippen molar-refractivity contribution in [3.05, 3.63) is 71.4 Å². The first kappa shape index (κ1) is 21.8. The van der Waals surface area contributed by atoms with E-state index in [0.29, 0.717) is 23.3 Å². The Kier molecular flexibility index (Phi) is 6.46. The highest BCUT2D eigenvalue weighted by atomic mass is 32.2. The summed E-state index contributed by atoms with van der Waals surface area (Å²) in [4.78, 5) is 12.7. The Morgan fingerprint density at radius 3 is 2.37 bits per heavy atom. The molecule has 6 heteroatoms. The lowest BCUT2D eigenvalue weighted by atomic mass is 10.1. The molecular formula is C24H28N2O3S. The maximum absolute atomic E-state index is 13.7. The molecule has 0 aliphatic heterocycles. The van der Waals surface area contributed by atoms with Crippen LogP contribution in [-0.2, 0) is 21.2 Å². The average molecular weight is 425 g/mol. The molecule has 2 aromatic carbocycles. The summed E-state index contributed by atoms with van der Waals surface area (Å²) in [5.41, 5.74) is 3.61. The van der Waals surface area contributed by atoms with Crippen molar-refractivity contribution in [2.24, 2.45) is 0 Å². The third-order valence-electron chi connectivity index (χ3n) is 4.92. The maximum atomic E-state index is 13.7. The van der Waals surface area contributed by atoms with Gasteiger partial charge in [0.2, 0.25) is 5.91 Å². The van der Waals surface area contributed by atoms with Gasteiger partial charge in [0.25, 0.3) is 10.0 Å². The lowest BCUT2D eigenvalue weighted by molar-refractivity contribution is -0.111. The number of unbranched alkanes of at least 4 members (excludes halogenated alkanes) is 1. The van der Waals surface area contributed by atoms with E-state index >= 15 is 0 Å². The zero-order valence-electron chi connectivity index (χ0n) is 17.9. The number of nitrogens with one attached hydrogen (secondary N) is 1. The molecule has 0 fully saturated rings.